The van der Waals surface area contributed by atoms with Crippen LogP contribution in [-0.2, 0) is 0 Å². The molecule has 0 radical (unpaired) electrons. The second-order valence-electron chi connectivity index (χ2n) is 1.68. The van der Waals surface area contributed by atoms with E-state index >= 15 is 0 Å². The first-order chi connectivity index (χ1) is 5.34. The fourth-order valence-corrected chi connectivity index (χ4v) is 0.587. The summed E-state index contributed by atoms with van der Waals surface area (Å²) in [6, 6.07) is 6.40. The Kier molecular flexibility index (Phi) is 4.49. The summed E-state index contributed by atoms with van der Waals surface area (Å²) in [5, 5.41) is 8.88. The van der Waals surface area contributed by atoms with Gasteiger partial charge in [0, 0.05) is 0 Å². The van der Waals surface area contributed by atoms with Gasteiger partial charge in [0.1, 0.15) is 5.75 Å². The maximum absolute atomic E-state index is 10.1. The Morgan fingerprint density at radius 1 is 1.27 bits per heavy atom. The number of rotatable bonds is 1. The van der Waals surface area contributed by atoms with Gasteiger partial charge in [-0.05, 0) is 12.1 Å². The van der Waals surface area contributed by atoms with E-state index < -0.39 is 0 Å². The average molecular weight is 150 g/mol. The first kappa shape index (κ1) is 9.43. The highest BCUT2D eigenvalue weighted by molar-refractivity contribution is 5.78. The number of hydrogen-bond acceptors (Lipinski definition) is 2. The van der Waals surface area contributed by atoms with E-state index in [9.17, 15) is 4.79 Å². The molecule has 0 unspecified atom stereocenters. The fraction of sp³-hybridized carbons (Fsp3) is 0. The van der Waals surface area contributed by atoms with Gasteiger partial charge in [-0.3, -0.25) is 4.79 Å². The molecule has 0 amide bonds. The molecule has 11 heavy (non-hydrogen) atoms. The Bertz CT molecular complexity index is 231. The van der Waals surface area contributed by atoms with E-state index in [2.05, 4.69) is 13.2 Å². The van der Waals surface area contributed by atoms with E-state index in [0.29, 0.717) is 11.8 Å². The van der Waals surface area contributed by atoms with Crippen molar-refractivity contribution in [2.45, 2.75) is 0 Å². The largest absolute Gasteiger partial charge is 0.507 e. The molecule has 2 nitrogen and oxygen atoms in total. The minimum Gasteiger partial charge on any atom is -0.507 e. The van der Waals surface area contributed by atoms with Gasteiger partial charge >= 0.3 is 0 Å². The van der Waals surface area contributed by atoms with Gasteiger partial charge in [-0.1, -0.05) is 12.1 Å². The molecule has 2 heteroatoms. The van der Waals surface area contributed by atoms with Gasteiger partial charge in [0.05, 0.1) is 5.56 Å². The smallest absolute Gasteiger partial charge is 0.153 e. The van der Waals surface area contributed by atoms with E-state index in [-0.39, 0.29) is 5.75 Å². The first-order valence-corrected chi connectivity index (χ1v) is 3.08. The van der Waals surface area contributed by atoms with Gasteiger partial charge in [-0.15, -0.1) is 13.2 Å². The maximum Gasteiger partial charge on any atom is 0.153 e. The van der Waals surface area contributed by atoms with Crippen LogP contribution in [-0.4, -0.2) is 11.4 Å². The predicted octanol–water partition coefficient (Wildman–Crippen LogP) is 2.01. The molecule has 0 aromatic heterocycles. The minimum atomic E-state index is 0.0347. The summed E-state index contributed by atoms with van der Waals surface area (Å²) in [6.07, 6.45) is 0.620. The van der Waals surface area contributed by atoms with Crippen LogP contribution >= 0.6 is 0 Å². The van der Waals surface area contributed by atoms with Crippen molar-refractivity contribution in [3.8, 4) is 5.75 Å². The normalized spacial score (nSPS) is 7.64. The van der Waals surface area contributed by atoms with E-state index in [1.54, 1.807) is 18.2 Å². The number of aromatic hydroxyl groups is 1. The van der Waals surface area contributed by atoms with Crippen LogP contribution in [0.15, 0.2) is 37.4 Å². The lowest BCUT2D eigenvalue weighted by Gasteiger charge is -1.91. The molecule has 0 saturated heterocycles. The van der Waals surface area contributed by atoms with Gasteiger partial charge in [0.2, 0.25) is 0 Å². The summed E-state index contributed by atoms with van der Waals surface area (Å²) < 4.78 is 0. The molecule has 0 aliphatic rings. The van der Waals surface area contributed by atoms with Gasteiger partial charge in [0.25, 0.3) is 0 Å². The molecule has 0 heterocycles. The van der Waals surface area contributed by atoms with Gasteiger partial charge in [0.15, 0.2) is 6.29 Å². The van der Waals surface area contributed by atoms with Crippen molar-refractivity contribution in [1.29, 1.82) is 0 Å². The van der Waals surface area contributed by atoms with Crippen molar-refractivity contribution in [3.05, 3.63) is 43.0 Å². The molecule has 1 aromatic rings. The lowest BCUT2D eigenvalue weighted by molar-refractivity contribution is 0.112. The lowest BCUT2D eigenvalue weighted by atomic mass is 10.2. The Morgan fingerprint density at radius 3 is 2.18 bits per heavy atom. The molecule has 0 fully saturated rings. The third kappa shape index (κ3) is 2.67. The molecule has 1 rings (SSSR count). The topological polar surface area (TPSA) is 37.3 Å². The highest BCUT2D eigenvalue weighted by Gasteiger charge is 1.93. The number of carbonyl (C=O) groups excluding carboxylic acids is 1. The van der Waals surface area contributed by atoms with Crippen LogP contribution in [0.1, 0.15) is 10.4 Å². The molecular weight excluding hydrogens is 140 g/mol. The van der Waals surface area contributed by atoms with Gasteiger partial charge < -0.3 is 5.11 Å². The summed E-state index contributed by atoms with van der Waals surface area (Å²) in [6.45, 7) is 6.00. The standard InChI is InChI=1S/C7H6O2.C2H4/c8-5-6-3-1-2-4-7(6)9;1-2/h1-5,9H;1-2H2. The second-order valence-corrected chi connectivity index (χ2v) is 1.68. The highest BCUT2D eigenvalue weighted by Crippen LogP contribution is 2.11. The van der Waals surface area contributed by atoms with Crippen molar-refractivity contribution in [1.82, 2.24) is 0 Å². The van der Waals surface area contributed by atoms with E-state index in [0.717, 1.165) is 0 Å². The van der Waals surface area contributed by atoms with Crippen LogP contribution in [0.3, 0.4) is 0 Å². The Morgan fingerprint density at radius 2 is 1.82 bits per heavy atom. The SMILES string of the molecule is C=C.O=Cc1ccccc1O. The molecule has 58 valence electrons. The zero-order valence-electron chi connectivity index (χ0n) is 6.16. The molecule has 1 aromatic carbocycles. The fourth-order valence-electron chi connectivity index (χ4n) is 0.587. The van der Waals surface area contributed by atoms with E-state index in [4.69, 9.17) is 5.11 Å². The van der Waals surface area contributed by atoms with Gasteiger partial charge in [-0.25, -0.2) is 0 Å². The molecule has 0 aliphatic heterocycles. The Labute approximate surface area is 65.8 Å². The lowest BCUT2D eigenvalue weighted by Crippen LogP contribution is -1.77. The summed E-state index contributed by atoms with van der Waals surface area (Å²) >= 11 is 0. The van der Waals surface area contributed by atoms with Crippen molar-refractivity contribution < 1.29 is 9.90 Å². The maximum atomic E-state index is 10.1. The Hall–Kier alpha value is -1.57. The number of para-hydroxylation sites is 1. The average Bonchev–Trinajstić information content (AvgIpc) is 2.09. The van der Waals surface area contributed by atoms with Crippen molar-refractivity contribution in [2.75, 3.05) is 0 Å². The van der Waals surface area contributed by atoms with Crippen LogP contribution in [0, 0.1) is 0 Å². The monoisotopic (exact) mass is 150 g/mol. The molecule has 0 spiro atoms. The molecule has 1 N–H and O–H groups in total. The quantitative estimate of drug-likeness (QED) is 0.491. The van der Waals surface area contributed by atoms with Crippen molar-refractivity contribution in [2.24, 2.45) is 0 Å². The molecule has 0 saturated carbocycles. The molecule has 0 bridgehead atoms. The number of phenols is 1. The zero-order chi connectivity index (χ0) is 8.69. The number of benzene rings is 1. The third-order valence-corrected chi connectivity index (χ3v) is 1.06. The second kappa shape index (κ2) is 5.23. The molecule has 0 atom stereocenters. The minimum absolute atomic E-state index is 0.0347. The molecule has 0 aliphatic carbocycles. The summed E-state index contributed by atoms with van der Waals surface area (Å²) in [5.74, 6) is 0.0347. The summed E-state index contributed by atoms with van der Waals surface area (Å²) in [4.78, 5) is 10.1. The van der Waals surface area contributed by atoms with Crippen LogP contribution in [0.25, 0.3) is 0 Å². The number of aldehydes is 1. The first-order valence-electron chi connectivity index (χ1n) is 3.08. The van der Waals surface area contributed by atoms with Crippen LogP contribution in [0.2, 0.25) is 0 Å². The number of carbonyl (C=O) groups is 1. The summed E-state index contributed by atoms with van der Waals surface area (Å²) in [7, 11) is 0. The van der Waals surface area contributed by atoms with Crippen LogP contribution < -0.4 is 0 Å². The van der Waals surface area contributed by atoms with Crippen LogP contribution in [0.4, 0.5) is 0 Å². The number of phenolic OH excluding ortho intramolecular Hbond substituents is 1. The summed E-state index contributed by atoms with van der Waals surface area (Å²) in [5.41, 5.74) is 0.331. The molecular formula is C9H10O2. The van der Waals surface area contributed by atoms with Crippen LogP contribution in [0.5, 0.6) is 5.75 Å². The van der Waals surface area contributed by atoms with Gasteiger partial charge in [-0.2, -0.15) is 0 Å². The van der Waals surface area contributed by atoms with E-state index in [1.165, 1.54) is 6.07 Å². The van der Waals surface area contributed by atoms with Crippen molar-refractivity contribution >= 4 is 6.29 Å². The van der Waals surface area contributed by atoms with E-state index in [1.807, 2.05) is 0 Å². The third-order valence-electron chi connectivity index (χ3n) is 1.06. The Balaban J connectivity index is 0.000000461. The predicted molar refractivity (Wildman–Crippen MR) is 44.7 cm³/mol. The number of hydrogen-bond donors (Lipinski definition) is 1. The van der Waals surface area contributed by atoms with Crippen molar-refractivity contribution in [3.63, 3.8) is 0 Å². The highest BCUT2D eigenvalue weighted by atomic mass is 16.3. The zero-order valence-corrected chi connectivity index (χ0v) is 6.16.